The summed E-state index contributed by atoms with van der Waals surface area (Å²) >= 11 is 3.17. The summed E-state index contributed by atoms with van der Waals surface area (Å²) in [5.74, 6) is 0. The molecule has 2 N–H and O–H groups in total. The molecule has 0 radical (unpaired) electrons. The zero-order valence-electron chi connectivity index (χ0n) is 9.79. The van der Waals surface area contributed by atoms with Crippen LogP contribution >= 0.6 is 15.9 Å². The number of rotatable bonds is 3. The predicted molar refractivity (Wildman–Crippen MR) is 68.5 cm³/mol. The Kier molecular flexibility index (Phi) is 4.15. The van der Waals surface area contributed by atoms with Crippen molar-refractivity contribution in [2.24, 2.45) is 0 Å². The normalized spacial score (nSPS) is 11.8. The summed E-state index contributed by atoms with van der Waals surface area (Å²) in [7, 11) is 0. The Labute approximate surface area is 104 Å². The summed E-state index contributed by atoms with van der Waals surface area (Å²) in [6.45, 7) is 6.92. The van der Waals surface area contributed by atoms with E-state index in [1.54, 1.807) is 16.8 Å². The maximum atomic E-state index is 11.7. The lowest BCUT2D eigenvalue weighted by molar-refractivity contribution is -0.00712. The van der Waals surface area contributed by atoms with Crippen molar-refractivity contribution in [1.29, 1.82) is 0 Å². The molecule has 1 rings (SSSR count). The SMILES string of the molecule is CC(C)(C)OCCn1cc(N)cc(Br)c1=O. The molecule has 1 heterocycles. The number of ether oxygens (including phenoxy) is 1. The molecule has 0 atom stereocenters. The van der Waals surface area contributed by atoms with Crippen LogP contribution in [0.4, 0.5) is 5.69 Å². The zero-order chi connectivity index (χ0) is 12.3. The second kappa shape index (κ2) is 5.01. The van der Waals surface area contributed by atoms with Crippen molar-refractivity contribution < 1.29 is 4.74 Å². The van der Waals surface area contributed by atoms with Gasteiger partial charge in [0.2, 0.25) is 0 Å². The van der Waals surface area contributed by atoms with Crippen molar-refractivity contribution in [1.82, 2.24) is 4.57 Å². The Morgan fingerprint density at radius 3 is 2.69 bits per heavy atom. The van der Waals surface area contributed by atoms with Gasteiger partial charge in [0.05, 0.1) is 16.7 Å². The van der Waals surface area contributed by atoms with Gasteiger partial charge < -0.3 is 15.0 Å². The number of nitrogens with zero attached hydrogens (tertiary/aromatic N) is 1. The van der Waals surface area contributed by atoms with Gasteiger partial charge in [-0.2, -0.15) is 0 Å². The molecule has 0 aliphatic carbocycles. The van der Waals surface area contributed by atoms with Gasteiger partial charge >= 0.3 is 0 Å². The van der Waals surface area contributed by atoms with Crippen molar-refractivity contribution >= 4 is 21.6 Å². The lowest BCUT2D eigenvalue weighted by atomic mass is 10.2. The highest BCUT2D eigenvalue weighted by molar-refractivity contribution is 9.10. The van der Waals surface area contributed by atoms with Crippen LogP contribution in [0.15, 0.2) is 21.5 Å². The predicted octanol–water partition coefficient (Wildman–Crippen LogP) is 2.01. The molecule has 5 heteroatoms. The first-order chi connectivity index (χ1) is 7.29. The van der Waals surface area contributed by atoms with Gasteiger partial charge in [0.1, 0.15) is 0 Å². The Hall–Kier alpha value is -0.810. The number of halogens is 1. The maximum absolute atomic E-state index is 11.7. The number of aromatic nitrogens is 1. The molecule has 0 amide bonds. The Balaban J connectivity index is 2.71. The van der Waals surface area contributed by atoms with Crippen LogP contribution in [0.1, 0.15) is 20.8 Å². The quantitative estimate of drug-likeness (QED) is 0.926. The number of pyridine rings is 1. The summed E-state index contributed by atoms with van der Waals surface area (Å²) in [4.78, 5) is 11.7. The first-order valence-electron chi connectivity index (χ1n) is 5.09. The van der Waals surface area contributed by atoms with E-state index in [1.807, 2.05) is 20.8 Å². The van der Waals surface area contributed by atoms with Crippen LogP contribution in [0.3, 0.4) is 0 Å². The third kappa shape index (κ3) is 3.98. The lowest BCUT2D eigenvalue weighted by Crippen LogP contribution is -2.26. The van der Waals surface area contributed by atoms with E-state index in [9.17, 15) is 4.79 Å². The van der Waals surface area contributed by atoms with Crippen LogP contribution in [-0.4, -0.2) is 16.8 Å². The van der Waals surface area contributed by atoms with E-state index < -0.39 is 0 Å². The zero-order valence-corrected chi connectivity index (χ0v) is 11.4. The third-order valence-electron chi connectivity index (χ3n) is 1.93. The van der Waals surface area contributed by atoms with Crippen LogP contribution in [0.5, 0.6) is 0 Å². The molecule has 1 aromatic heterocycles. The molecule has 90 valence electrons. The van der Waals surface area contributed by atoms with Gasteiger partial charge in [0.25, 0.3) is 5.56 Å². The van der Waals surface area contributed by atoms with Crippen LogP contribution in [-0.2, 0) is 11.3 Å². The van der Waals surface area contributed by atoms with Gasteiger partial charge in [-0.15, -0.1) is 0 Å². The molecule has 0 aliphatic heterocycles. The average Bonchev–Trinajstić information content (AvgIpc) is 2.11. The van der Waals surface area contributed by atoms with Gasteiger partial charge in [0.15, 0.2) is 0 Å². The van der Waals surface area contributed by atoms with E-state index in [0.29, 0.717) is 23.3 Å². The van der Waals surface area contributed by atoms with Crippen molar-refractivity contribution in [2.45, 2.75) is 32.9 Å². The summed E-state index contributed by atoms with van der Waals surface area (Å²) in [5, 5.41) is 0. The minimum Gasteiger partial charge on any atom is -0.398 e. The van der Waals surface area contributed by atoms with Crippen LogP contribution < -0.4 is 11.3 Å². The molecule has 0 unspecified atom stereocenters. The van der Waals surface area contributed by atoms with Crippen molar-refractivity contribution in [3.63, 3.8) is 0 Å². The molecule has 0 aliphatic rings. The van der Waals surface area contributed by atoms with Crippen LogP contribution in [0.2, 0.25) is 0 Å². The lowest BCUT2D eigenvalue weighted by Gasteiger charge is -2.19. The summed E-state index contributed by atoms with van der Waals surface area (Å²) < 4.78 is 7.57. The molecule has 0 saturated heterocycles. The summed E-state index contributed by atoms with van der Waals surface area (Å²) in [5.41, 5.74) is 5.93. The van der Waals surface area contributed by atoms with E-state index in [2.05, 4.69) is 15.9 Å². The fraction of sp³-hybridized carbons (Fsp3) is 0.545. The minimum absolute atomic E-state index is 0.0910. The molecule has 0 aromatic carbocycles. The molecular formula is C11H17BrN2O2. The number of hydrogen-bond acceptors (Lipinski definition) is 3. The molecule has 0 saturated carbocycles. The Morgan fingerprint density at radius 2 is 2.12 bits per heavy atom. The Bertz CT molecular complexity index is 421. The van der Waals surface area contributed by atoms with Crippen LogP contribution in [0, 0.1) is 0 Å². The number of hydrogen-bond donors (Lipinski definition) is 1. The van der Waals surface area contributed by atoms with Gasteiger partial charge in [-0.05, 0) is 42.8 Å². The van der Waals surface area contributed by atoms with Crippen molar-refractivity contribution in [2.75, 3.05) is 12.3 Å². The monoisotopic (exact) mass is 288 g/mol. The highest BCUT2D eigenvalue weighted by Gasteiger charge is 2.10. The summed E-state index contributed by atoms with van der Waals surface area (Å²) in [6.07, 6.45) is 1.62. The topological polar surface area (TPSA) is 57.2 Å². The second-order valence-electron chi connectivity index (χ2n) is 4.58. The summed E-state index contributed by atoms with van der Waals surface area (Å²) in [6, 6.07) is 1.60. The number of nitrogen functional groups attached to an aromatic ring is 1. The molecule has 16 heavy (non-hydrogen) atoms. The molecule has 0 spiro atoms. The Morgan fingerprint density at radius 1 is 1.50 bits per heavy atom. The smallest absolute Gasteiger partial charge is 0.265 e. The van der Waals surface area contributed by atoms with Gasteiger partial charge in [-0.25, -0.2) is 0 Å². The molecular weight excluding hydrogens is 272 g/mol. The minimum atomic E-state index is -0.193. The largest absolute Gasteiger partial charge is 0.398 e. The second-order valence-corrected chi connectivity index (χ2v) is 5.44. The van der Waals surface area contributed by atoms with E-state index >= 15 is 0 Å². The van der Waals surface area contributed by atoms with E-state index in [0.717, 1.165) is 0 Å². The third-order valence-corrected chi connectivity index (χ3v) is 2.50. The highest BCUT2D eigenvalue weighted by atomic mass is 79.9. The molecule has 1 aromatic rings. The van der Waals surface area contributed by atoms with E-state index in [1.165, 1.54) is 0 Å². The number of nitrogens with two attached hydrogens (primary N) is 1. The van der Waals surface area contributed by atoms with Crippen molar-refractivity contribution in [3.8, 4) is 0 Å². The molecule has 0 fully saturated rings. The maximum Gasteiger partial charge on any atom is 0.265 e. The fourth-order valence-electron chi connectivity index (χ4n) is 1.24. The number of anilines is 1. The van der Waals surface area contributed by atoms with Gasteiger partial charge in [0, 0.05) is 18.4 Å². The molecule has 4 nitrogen and oxygen atoms in total. The van der Waals surface area contributed by atoms with E-state index in [-0.39, 0.29) is 11.2 Å². The highest BCUT2D eigenvalue weighted by Crippen LogP contribution is 2.09. The fourth-order valence-corrected chi connectivity index (χ4v) is 1.73. The van der Waals surface area contributed by atoms with Gasteiger partial charge in [-0.3, -0.25) is 4.79 Å². The average molecular weight is 289 g/mol. The first-order valence-corrected chi connectivity index (χ1v) is 5.88. The van der Waals surface area contributed by atoms with Gasteiger partial charge in [-0.1, -0.05) is 0 Å². The van der Waals surface area contributed by atoms with Crippen molar-refractivity contribution in [3.05, 3.63) is 27.1 Å². The first kappa shape index (κ1) is 13.3. The molecule has 0 bridgehead atoms. The van der Waals surface area contributed by atoms with E-state index in [4.69, 9.17) is 10.5 Å². The standard InChI is InChI=1S/C11H17BrN2O2/c1-11(2,3)16-5-4-14-7-8(13)6-9(12)10(14)15/h6-7H,4-5,13H2,1-3H3. The van der Waals surface area contributed by atoms with Crippen LogP contribution in [0.25, 0.3) is 0 Å².